The quantitative estimate of drug-likeness (QED) is 0.418. The van der Waals surface area contributed by atoms with Crippen molar-refractivity contribution in [1.29, 1.82) is 0 Å². The highest BCUT2D eigenvalue weighted by Gasteiger charge is 2.02. The maximum absolute atomic E-state index is 5.25. The summed E-state index contributed by atoms with van der Waals surface area (Å²) in [5.41, 5.74) is 3.84. The lowest BCUT2D eigenvalue weighted by molar-refractivity contribution is 1.09. The largest absolute Gasteiger partial charge is 0.261 e. The van der Waals surface area contributed by atoms with Gasteiger partial charge in [0.2, 0.25) is 0 Å². The second-order valence-corrected chi connectivity index (χ2v) is 3.80. The first-order chi connectivity index (χ1) is 5.65. The highest BCUT2D eigenvalue weighted by molar-refractivity contribution is 7.97. The van der Waals surface area contributed by atoms with Gasteiger partial charge in [0.15, 0.2) is 0 Å². The fourth-order valence-corrected chi connectivity index (χ4v) is 1.94. The van der Waals surface area contributed by atoms with Crippen molar-refractivity contribution in [3.05, 3.63) is 28.8 Å². The number of benzene rings is 1. The summed E-state index contributed by atoms with van der Waals surface area (Å²) in [6, 6.07) is 4.32. The summed E-state index contributed by atoms with van der Waals surface area (Å²) in [6.07, 6.45) is 0. The van der Waals surface area contributed by atoms with E-state index in [0.717, 1.165) is 0 Å². The molecular weight excluding hydrogens is 168 g/mol. The average molecular weight is 182 g/mol. The number of nitrogens with one attached hydrogen (secondary N) is 1. The predicted octanol–water partition coefficient (Wildman–Crippen LogP) is 2.08. The van der Waals surface area contributed by atoms with Crippen molar-refractivity contribution >= 4 is 11.9 Å². The van der Waals surface area contributed by atoms with Gasteiger partial charge in [0, 0.05) is 4.90 Å². The van der Waals surface area contributed by atoms with Gasteiger partial charge >= 0.3 is 0 Å². The van der Waals surface area contributed by atoms with Crippen LogP contribution in [-0.4, -0.2) is 0 Å². The van der Waals surface area contributed by atoms with Gasteiger partial charge in [-0.15, -0.1) is 0 Å². The Hall–Kier alpha value is -0.510. The lowest BCUT2D eigenvalue weighted by atomic mass is 10.1. The van der Waals surface area contributed by atoms with E-state index in [4.69, 9.17) is 5.84 Å². The van der Waals surface area contributed by atoms with E-state index in [1.807, 2.05) is 0 Å². The first kappa shape index (κ1) is 9.58. The van der Waals surface area contributed by atoms with Crippen LogP contribution >= 0.6 is 11.9 Å². The van der Waals surface area contributed by atoms with E-state index in [2.05, 4.69) is 37.7 Å². The van der Waals surface area contributed by atoms with Crippen molar-refractivity contribution in [3.63, 3.8) is 0 Å². The Kier molecular flexibility index (Phi) is 3.14. The zero-order chi connectivity index (χ0) is 9.14. The molecule has 3 heteroatoms. The molecule has 2 nitrogen and oxygen atoms in total. The molecular formula is C9H14N2S. The lowest BCUT2D eigenvalue weighted by Crippen LogP contribution is -2.12. The van der Waals surface area contributed by atoms with Crippen molar-refractivity contribution < 1.29 is 0 Å². The Morgan fingerprint density at radius 1 is 1.17 bits per heavy atom. The summed E-state index contributed by atoms with van der Waals surface area (Å²) in [6.45, 7) is 6.30. The summed E-state index contributed by atoms with van der Waals surface area (Å²) in [4.78, 5) is 3.83. The molecule has 0 saturated heterocycles. The molecule has 3 N–H and O–H groups in total. The third-order valence-corrected chi connectivity index (χ3v) is 2.73. The minimum absolute atomic E-state index is 1.23. The van der Waals surface area contributed by atoms with Gasteiger partial charge in [-0.2, -0.15) is 4.83 Å². The maximum Gasteiger partial charge on any atom is 0.0298 e. The molecule has 0 spiro atoms. The molecule has 0 heterocycles. The normalized spacial score (nSPS) is 10.3. The van der Waals surface area contributed by atoms with Crippen LogP contribution in [0.2, 0.25) is 0 Å². The third-order valence-electron chi connectivity index (χ3n) is 1.77. The maximum atomic E-state index is 5.25. The SMILES string of the molecule is Cc1cc(C)c(SNN)c(C)c1. The molecule has 0 aromatic heterocycles. The first-order valence-electron chi connectivity index (χ1n) is 3.85. The number of rotatable bonds is 2. The van der Waals surface area contributed by atoms with E-state index in [-0.39, 0.29) is 0 Å². The molecule has 0 saturated carbocycles. The molecule has 1 rings (SSSR count). The summed E-state index contributed by atoms with van der Waals surface area (Å²) in [5.74, 6) is 5.25. The number of aryl methyl sites for hydroxylation is 3. The van der Waals surface area contributed by atoms with E-state index in [1.54, 1.807) is 0 Å². The van der Waals surface area contributed by atoms with E-state index in [9.17, 15) is 0 Å². The van der Waals surface area contributed by atoms with Crippen LogP contribution in [0.5, 0.6) is 0 Å². The molecule has 0 amide bonds. The molecule has 1 aromatic carbocycles. The van der Waals surface area contributed by atoms with Gasteiger partial charge in [-0.3, -0.25) is 5.84 Å². The standard InChI is InChI=1S/C9H14N2S/c1-6-4-7(2)9(12-11-10)8(3)5-6/h4-5,11H,10H2,1-3H3. The fraction of sp³-hybridized carbons (Fsp3) is 0.333. The van der Waals surface area contributed by atoms with E-state index in [1.165, 1.54) is 33.5 Å². The smallest absolute Gasteiger partial charge is 0.0298 e. The predicted molar refractivity (Wildman–Crippen MR) is 53.8 cm³/mol. The summed E-state index contributed by atoms with van der Waals surface area (Å²) in [5, 5.41) is 0. The van der Waals surface area contributed by atoms with Crippen LogP contribution in [0.15, 0.2) is 17.0 Å². The topological polar surface area (TPSA) is 38.0 Å². The van der Waals surface area contributed by atoms with Crippen LogP contribution in [0, 0.1) is 20.8 Å². The lowest BCUT2D eigenvalue weighted by Gasteiger charge is -2.08. The van der Waals surface area contributed by atoms with Gasteiger partial charge in [-0.1, -0.05) is 17.7 Å². The average Bonchev–Trinajstić information content (AvgIpc) is 1.96. The van der Waals surface area contributed by atoms with Gasteiger partial charge in [-0.25, -0.2) is 0 Å². The van der Waals surface area contributed by atoms with Crippen LogP contribution in [0.3, 0.4) is 0 Å². The van der Waals surface area contributed by atoms with Crippen molar-refractivity contribution in [2.24, 2.45) is 5.84 Å². The Labute approximate surface area is 77.6 Å². The Morgan fingerprint density at radius 3 is 2.08 bits per heavy atom. The Morgan fingerprint density at radius 2 is 1.67 bits per heavy atom. The molecule has 0 aliphatic rings. The van der Waals surface area contributed by atoms with Crippen LogP contribution in [0.1, 0.15) is 16.7 Å². The minimum atomic E-state index is 1.23. The zero-order valence-electron chi connectivity index (χ0n) is 7.64. The number of nitrogens with two attached hydrogens (primary N) is 1. The minimum Gasteiger partial charge on any atom is -0.261 e. The summed E-state index contributed by atoms with van der Waals surface area (Å²) < 4.78 is 0. The first-order valence-corrected chi connectivity index (χ1v) is 4.67. The molecule has 0 aliphatic heterocycles. The van der Waals surface area contributed by atoms with Gasteiger partial charge < -0.3 is 0 Å². The summed E-state index contributed by atoms with van der Waals surface area (Å²) >= 11 is 1.46. The number of hydrogen-bond acceptors (Lipinski definition) is 3. The number of hydrazine groups is 1. The molecule has 66 valence electrons. The van der Waals surface area contributed by atoms with Gasteiger partial charge in [-0.05, 0) is 43.8 Å². The Bertz CT molecular complexity index is 261. The zero-order valence-corrected chi connectivity index (χ0v) is 8.46. The molecule has 0 aliphatic carbocycles. The fourth-order valence-electron chi connectivity index (χ4n) is 1.39. The highest BCUT2D eigenvalue weighted by atomic mass is 32.2. The van der Waals surface area contributed by atoms with Crippen LogP contribution in [-0.2, 0) is 0 Å². The third kappa shape index (κ3) is 2.00. The van der Waals surface area contributed by atoms with Gasteiger partial charge in [0.25, 0.3) is 0 Å². The van der Waals surface area contributed by atoms with Crippen molar-refractivity contribution in [2.75, 3.05) is 0 Å². The van der Waals surface area contributed by atoms with Crippen LogP contribution in [0.4, 0.5) is 0 Å². The summed E-state index contributed by atoms with van der Waals surface area (Å²) in [7, 11) is 0. The molecule has 0 unspecified atom stereocenters. The van der Waals surface area contributed by atoms with Crippen molar-refractivity contribution in [1.82, 2.24) is 4.83 Å². The van der Waals surface area contributed by atoms with Crippen LogP contribution < -0.4 is 10.7 Å². The van der Waals surface area contributed by atoms with Crippen molar-refractivity contribution in [2.45, 2.75) is 25.7 Å². The molecule has 0 radical (unpaired) electrons. The van der Waals surface area contributed by atoms with E-state index < -0.39 is 0 Å². The second kappa shape index (κ2) is 3.94. The van der Waals surface area contributed by atoms with Crippen molar-refractivity contribution in [3.8, 4) is 0 Å². The Balaban J connectivity index is 3.10. The van der Waals surface area contributed by atoms with E-state index >= 15 is 0 Å². The van der Waals surface area contributed by atoms with Gasteiger partial charge in [0.05, 0.1) is 0 Å². The molecule has 0 atom stereocenters. The van der Waals surface area contributed by atoms with Crippen LogP contribution in [0.25, 0.3) is 0 Å². The molecule has 0 fully saturated rings. The van der Waals surface area contributed by atoms with E-state index in [0.29, 0.717) is 0 Å². The highest BCUT2D eigenvalue weighted by Crippen LogP contribution is 2.24. The monoisotopic (exact) mass is 182 g/mol. The molecule has 1 aromatic rings. The number of hydrogen-bond donors (Lipinski definition) is 2. The molecule has 0 bridgehead atoms. The second-order valence-electron chi connectivity index (χ2n) is 2.95. The van der Waals surface area contributed by atoms with Gasteiger partial charge in [0.1, 0.15) is 0 Å². The molecule has 12 heavy (non-hydrogen) atoms.